The van der Waals surface area contributed by atoms with E-state index in [1.54, 1.807) is 35.1 Å². The smallest absolute Gasteiger partial charge is 0.185 e. The third-order valence-corrected chi connectivity index (χ3v) is 6.24. The highest BCUT2D eigenvalue weighted by Crippen LogP contribution is 2.36. The van der Waals surface area contributed by atoms with Crippen LogP contribution in [0.25, 0.3) is 16.8 Å². The summed E-state index contributed by atoms with van der Waals surface area (Å²) in [4.78, 5) is 13.9. The number of Topliss-reactive ketones (excluding diaryl/α,β-unsaturated/α-hetero) is 1. The fourth-order valence-corrected chi connectivity index (χ4v) is 4.72. The van der Waals surface area contributed by atoms with Gasteiger partial charge in [0.1, 0.15) is 5.82 Å². The van der Waals surface area contributed by atoms with Crippen molar-refractivity contribution in [3.05, 3.63) is 69.6 Å². The van der Waals surface area contributed by atoms with Crippen LogP contribution >= 0.6 is 11.3 Å². The van der Waals surface area contributed by atoms with Gasteiger partial charge in [-0.1, -0.05) is 18.2 Å². The number of carbonyl (C=O) groups is 1. The number of ether oxygens (including phenoxy) is 1. The van der Waals surface area contributed by atoms with Crippen molar-refractivity contribution >= 4 is 22.8 Å². The molecule has 8 heteroatoms. The van der Waals surface area contributed by atoms with E-state index >= 15 is 0 Å². The molecular formula is C21H17FN4O2S. The van der Waals surface area contributed by atoms with E-state index in [2.05, 4.69) is 16.3 Å². The van der Waals surface area contributed by atoms with Crippen LogP contribution in [0.5, 0.6) is 0 Å². The quantitative estimate of drug-likeness (QED) is 0.510. The van der Waals surface area contributed by atoms with Crippen LogP contribution in [-0.2, 0) is 17.8 Å². The minimum atomic E-state index is -0.314. The van der Waals surface area contributed by atoms with Crippen LogP contribution in [0.15, 0.2) is 41.8 Å². The van der Waals surface area contributed by atoms with E-state index in [1.165, 1.54) is 17.0 Å². The second-order valence-electron chi connectivity index (χ2n) is 7.04. The molecule has 29 heavy (non-hydrogen) atoms. The molecule has 0 radical (unpaired) electrons. The highest BCUT2D eigenvalue weighted by atomic mass is 32.1. The van der Waals surface area contributed by atoms with Crippen LogP contribution in [0.4, 0.5) is 4.39 Å². The summed E-state index contributed by atoms with van der Waals surface area (Å²) in [5, 5.41) is 15.3. The zero-order chi connectivity index (χ0) is 20.0. The topological polar surface area (TPSA) is 69.4 Å². The lowest BCUT2D eigenvalue weighted by Gasteiger charge is -2.21. The Balaban J connectivity index is 1.70. The normalized spacial score (nSPS) is 16.3. The van der Waals surface area contributed by atoms with Crippen molar-refractivity contribution in [2.45, 2.75) is 25.4 Å². The molecule has 0 bridgehead atoms. The number of aromatic nitrogens is 4. The standard InChI is InChI=1S/C21H17FN4O2S/c1-28-11-15-19(12-4-6-14(22)7-5-12)21-24-23-20-16(26(21)25-15)9-13(10-17(20)27)18-3-2-8-29-18/h2-8,13H,9-11H2,1H3/t13-/m1/s1. The van der Waals surface area contributed by atoms with E-state index in [1.807, 2.05) is 11.4 Å². The minimum absolute atomic E-state index is 0.0221. The van der Waals surface area contributed by atoms with Crippen molar-refractivity contribution < 1.29 is 13.9 Å². The number of fused-ring (bicyclic) bond motifs is 3. The molecule has 0 amide bonds. The van der Waals surface area contributed by atoms with Gasteiger partial charge in [0.15, 0.2) is 17.1 Å². The van der Waals surface area contributed by atoms with Gasteiger partial charge in [0, 0.05) is 30.7 Å². The molecule has 3 heterocycles. The molecular weight excluding hydrogens is 391 g/mol. The average molecular weight is 408 g/mol. The first kappa shape index (κ1) is 18.1. The molecule has 0 fully saturated rings. The first-order valence-corrected chi connectivity index (χ1v) is 10.1. The lowest BCUT2D eigenvalue weighted by atomic mass is 9.87. The van der Waals surface area contributed by atoms with E-state index in [-0.39, 0.29) is 24.1 Å². The third-order valence-electron chi connectivity index (χ3n) is 5.20. The van der Waals surface area contributed by atoms with Gasteiger partial charge in [-0.15, -0.1) is 21.5 Å². The summed E-state index contributed by atoms with van der Waals surface area (Å²) >= 11 is 1.65. The number of methoxy groups -OCH3 is 1. The molecule has 3 aromatic heterocycles. The lowest BCUT2D eigenvalue weighted by molar-refractivity contribution is 0.0956. The number of thiophene rings is 1. The van der Waals surface area contributed by atoms with Gasteiger partial charge in [0.2, 0.25) is 0 Å². The third kappa shape index (κ3) is 3.04. The summed E-state index contributed by atoms with van der Waals surface area (Å²) in [5.41, 5.74) is 3.87. The lowest BCUT2D eigenvalue weighted by Crippen LogP contribution is -2.23. The highest BCUT2D eigenvalue weighted by molar-refractivity contribution is 7.10. The molecule has 1 atom stereocenters. The Morgan fingerprint density at radius 3 is 2.76 bits per heavy atom. The SMILES string of the molecule is COCc1nn2c3c(nnc2c1-c1ccc(F)cc1)C(=O)C[C@H](c1cccs1)C3. The number of nitrogens with zero attached hydrogens (tertiary/aromatic N) is 4. The van der Waals surface area contributed by atoms with Crippen LogP contribution in [0.2, 0.25) is 0 Å². The summed E-state index contributed by atoms with van der Waals surface area (Å²) in [5.74, 6) is -0.232. The van der Waals surface area contributed by atoms with Crippen molar-refractivity contribution in [2.75, 3.05) is 7.11 Å². The Bertz CT molecular complexity index is 1200. The predicted octanol–water partition coefficient (Wildman–Crippen LogP) is 4.05. The van der Waals surface area contributed by atoms with E-state index in [4.69, 9.17) is 9.84 Å². The Kier molecular flexibility index (Phi) is 4.44. The predicted molar refractivity (Wildman–Crippen MR) is 107 cm³/mol. The first-order valence-electron chi connectivity index (χ1n) is 9.24. The van der Waals surface area contributed by atoms with Gasteiger partial charge in [-0.3, -0.25) is 4.79 Å². The second-order valence-corrected chi connectivity index (χ2v) is 8.02. The largest absolute Gasteiger partial charge is 0.378 e. The monoisotopic (exact) mass is 408 g/mol. The molecule has 0 saturated carbocycles. The van der Waals surface area contributed by atoms with Gasteiger partial charge < -0.3 is 4.74 Å². The molecule has 0 saturated heterocycles. The van der Waals surface area contributed by atoms with Crippen molar-refractivity contribution in [1.82, 2.24) is 19.8 Å². The fourth-order valence-electron chi connectivity index (χ4n) is 3.89. The Labute approximate surface area is 170 Å². The molecule has 1 aliphatic carbocycles. The molecule has 4 aromatic rings. The van der Waals surface area contributed by atoms with E-state index in [0.29, 0.717) is 29.9 Å². The van der Waals surface area contributed by atoms with Crippen LogP contribution in [0, 0.1) is 5.82 Å². The number of carbonyl (C=O) groups excluding carboxylic acids is 1. The Morgan fingerprint density at radius 1 is 1.21 bits per heavy atom. The molecule has 1 aromatic carbocycles. The molecule has 0 unspecified atom stereocenters. The molecule has 146 valence electrons. The molecule has 0 spiro atoms. The van der Waals surface area contributed by atoms with Crippen LogP contribution in [-0.4, -0.2) is 32.7 Å². The number of halogens is 1. The maximum Gasteiger partial charge on any atom is 0.185 e. The van der Waals surface area contributed by atoms with Gasteiger partial charge in [-0.25, -0.2) is 8.91 Å². The molecule has 1 aliphatic rings. The number of hydrogen-bond acceptors (Lipinski definition) is 6. The van der Waals surface area contributed by atoms with Gasteiger partial charge in [-0.2, -0.15) is 5.10 Å². The van der Waals surface area contributed by atoms with E-state index < -0.39 is 0 Å². The zero-order valence-electron chi connectivity index (χ0n) is 15.6. The average Bonchev–Trinajstić information content (AvgIpc) is 3.37. The van der Waals surface area contributed by atoms with E-state index in [0.717, 1.165) is 16.8 Å². The van der Waals surface area contributed by atoms with Gasteiger partial charge in [0.25, 0.3) is 0 Å². The summed E-state index contributed by atoms with van der Waals surface area (Å²) in [6.45, 7) is 0.271. The first-order chi connectivity index (χ1) is 14.2. The van der Waals surface area contributed by atoms with Gasteiger partial charge >= 0.3 is 0 Å². The van der Waals surface area contributed by atoms with Crippen molar-refractivity contribution in [3.63, 3.8) is 0 Å². The Hall–Kier alpha value is -2.97. The number of rotatable bonds is 4. The number of benzene rings is 1. The maximum atomic E-state index is 13.4. The van der Waals surface area contributed by atoms with Crippen LogP contribution < -0.4 is 0 Å². The molecule has 5 rings (SSSR count). The second kappa shape index (κ2) is 7.13. The van der Waals surface area contributed by atoms with Gasteiger partial charge in [0.05, 0.1) is 23.6 Å². The molecule has 0 aliphatic heterocycles. The van der Waals surface area contributed by atoms with Crippen LogP contribution in [0.1, 0.15) is 39.1 Å². The highest BCUT2D eigenvalue weighted by Gasteiger charge is 2.32. The van der Waals surface area contributed by atoms with Crippen LogP contribution in [0.3, 0.4) is 0 Å². The number of hydrogen-bond donors (Lipinski definition) is 0. The van der Waals surface area contributed by atoms with Crippen molar-refractivity contribution in [3.8, 4) is 11.1 Å². The maximum absolute atomic E-state index is 13.4. The summed E-state index contributed by atoms with van der Waals surface area (Å²) in [7, 11) is 1.59. The fraction of sp³-hybridized carbons (Fsp3) is 0.238. The summed E-state index contributed by atoms with van der Waals surface area (Å²) in [6, 6.07) is 10.2. The Morgan fingerprint density at radius 2 is 2.03 bits per heavy atom. The molecule has 6 nitrogen and oxygen atoms in total. The van der Waals surface area contributed by atoms with Crippen molar-refractivity contribution in [1.29, 1.82) is 0 Å². The van der Waals surface area contributed by atoms with Gasteiger partial charge in [-0.05, 0) is 29.1 Å². The molecule has 0 N–H and O–H groups in total. The summed E-state index contributed by atoms with van der Waals surface area (Å²) < 4.78 is 20.5. The zero-order valence-corrected chi connectivity index (χ0v) is 16.4. The van der Waals surface area contributed by atoms with Crippen molar-refractivity contribution in [2.24, 2.45) is 0 Å². The van der Waals surface area contributed by atoms with E-state index in [9.17, 15) is 9.18 Å². The minimum Gasteiger partial charge on any atom is -0.378 e. The number of ketones is 1. The summed E-state index contributed by atoms with van der Waals surface area (Å²) in [6.07, 6.45) is 1.08.